The van der Waals surface area contributed by atoms with E-state index < -0.39 is 11.4 Å². The third-order valence-corrected chi connectivity index (χ3v) is 3.00. The molecule has 108 valence electrons. The molecule has 1 atom stereocenters. The van der Waals surface area contributed by atoms with Gasteiger partial charge in [-0.2, -0.15) is 0 Å². The fraction of sp³-hybridized carbons (Fsp3) is 0.923. The lowest BCUT2D eigenvalue weighted by molar-refractivity contribution is -0.122. The molecule has 0 heterocycles. The molecule has 0 bridgehead atoms. The zero-order chi connectivity index (χ0) is 14.3. The third-order valence-electron chi connectivity index (χ3n) is 3.00. The predicted octanol–water partition coefficient (Wildman–Crippen LogP) is 0.0988. The molecule has 0 spiro atoms. The van der Waals surface area contributed by atoms with Gasteiger partial charge in [0.2, 0.25) is 5.91 Å². The van der Waals surface area contributed by atoms with E-state index >= 15 is 0 Å². The van der Waals surface area contributed by atoms with Crippen LogP contribution in [-0.2, 0) is 4.79 Å². The number of amides is 1. The van der Waals surface area contributed by atoms with Gasteiger partial charge in [-0.1, -0.05) is 13.8 Å². The fourth-order valence-electron chi connectivity index (χ4n) is 1.67. The van der Waals surface area contributed by atoms with Crippen LogP contribution in [0.1, 0.15) is 27.2 Å². The van der Waals surface area contributed by atoms with Crippen LogP contribution in [0.5, 0.6) is 0 Å². The summed E-state index contributed by atoms with van der Waals surface area (Å²) in [5.41, 5.74) is 10.3. The van der Waals surface area contributed by atoms with Gasteiger partial charge in [0.25, 0.3) is 0 Å². The average Bonchev–Trinajstić information content (AvgIpc) is 2.21. The molecule has 1 amide bonds. The average molecular weight is 258 g/mol. The predicted molar refractivity (Wildman–Crippen MR) is 76.2 cm³/mol. The number of likely N-dealkylation sites (N-methyl/N-ethyl adjacent to an activating group) is 1. The Balaban J connectivity index is 4.27. The maximum atomic E-state index is 11.2. The van der Waals surface area contributed by atoms with E-state index in [0.717, 1.165) is 26.2 Å². The van der Waals surface area contributed by atoms with Crippen LogP contribution in [0.15, 0.2) is 0 Å². The van der Waals surface area contributed by atoms with Crippen LogP contribution in [0.2, 0.25) is 0 Å². The maximum absolute atomic E-state index is 11.2. The van der Waals surface area contributed by atoms with Crippen molar-refractivity contribution < 1.29 is 4.79 Å². The molecule has 5 heteroatoms. The van der Waals surface area contributed by atoms with Crippen molar-refractivity contribution >= 4 is 5.91 Å². The van der Waals surface area contributed by atoms with E-state index in [1.165, 1.54) is 0 Å². The summed E-state index contributed by atoms with van der Waals surface area (Å²) in [6.07, 6.45) is 0.600. The SMILES string of the molecule is CC(C)CN(CCN(C)C)CCC(C)(N)C(N)=O. The molecule has 5 nitrogen and oxygen atoms in total. The highest BCUT2D eigenvalue weighted by atomic mass is 16.1. The maximum Gasteiger partial charge on any atom is 0.237 e. The Kier molecular flexibility index (Phi) is 7.43. The molecule has 0 aromatic rings. The molecular weight excluding hydrogens is 228 g/mol. The van der Waals surface area contributed by atoms with Crippen molar-refractivity contribution in [1.82, 2.24) is 9.80 Å². The molecule has 0 saturated carbocycles. The molecule has 0 aliphatic heterocycles. The summed E-state index contributed by atoms with van der Waals surface area (Å²) < 4.78 is 0. The second-order valence-corrected chi connectivity index (χ2v) is 6.03. The third kappa shape index (κ3) is 7.63. The highest BCUT2D eigenvalue weighted by Gasteiger charge is 2.26. The van der Waals surface area contributed by atoms with E-state index in [2.05, 4.69) is 37.7 Å². The van der Waals surface area contributed by atoms with E-state index in [-0.39, 0.29) is 0 Å². The van der Waals surface area contributed by atoms with Gasteiger partial charge < -0.3 is 21.3 Å². The van der Waals surface area contributed by atoms with E-state index in [1.54, 1.807) is 6.92 Å². The van der Waals surface area contributed by atoms with Gasteiger partial charge >= 0.3 is 0 Å². The van der Waals surface area contributed by atoms with E-state index in [0.29, 0.717) is 12.3 Å². The van der Waals surface area contributed by atoms with Crippen LogP contribution >= 0.6 is 0 Å². The first-order valence-electron chi connectivity index (χ1n) is 6.61. The Morgan fingerprint density at radius 2 is 1.78 bits per heavy atom. The Morgan fingerprint density at radius 3 is 2.17 bits per heavy atom. The number of hydrogen-bond acceptors (Lipinski definition) is 4. The second-order valence-electron chi connectivity index (χ2n) is 6.03. The second kappa shape index (κ2) is 7.71. The van der Waals surface area contributed by atoms with Crippen LogP contribution in [-0.4, -0.2) is 61.5 Å². The Morgan fingerprint density at radius 1 is 1.22 bits per heavy atom. The van der Waals surface area contributed by atoms with Crippen LogP contribution in [0.25, 0.3) is 0 Å². The van der Waals surface area contributed by atoms with Crippen molar-refractivity contribution in [3.63, 3.8) is 0 Å². The Bertz CT molecular complexity index is 251. The van der Waals surface area contributed by atoms with Crippen molar-refractivity contribution in [2.24, 2.45) is 17.4 Å². The number of hydrogen-bond donors (Lipinski definition) is 2. The molecule has 0 aromatic carbocycles. The van der Waals surface area contributed by atoms with E-state index in [4.69, 9.17) is 11.5 Å². The highest BCUT2D eigenvalue weighted by Crippen LogP contribution is 2.08. The molecule has 18 heavy (non-hydrogen) atoms. The fourth-order valence-corrected chi connectivity index (χ4v) is 1.67. The summed E-state index contributed by atoms with van der Waals surface area (Å²) in [4.78, 5) is 15.7. The summed E-state index contributed by atoms with van der Waals surface area (Å²) in [6, 6.07) is 0. The minimum absolute atomic E-state index is 0.431. The van der Waals surface area contributed by atoms with Gasteiger partial charge in [-0.25, -0.2) is 0 Å². The molecule has 4 N–H and O–H groups in total. The molecule has 0 fully saturated rings. The van der Waals surface area contributed by atoms with Crippen molar-refractivity contribution in [3.8, 4) is 0 Å². The monoisotopic (exact) mass is 258 g/mol. The van der Waals surface area contributed by atoms with Crippen LogP contribution in [0, 0.1) is 5.92 Å². The van der Waals surface area contributed by atoms with Crippen LogP contribution < -0.4 is 11.5 Å². The van der Waals surface area contributed by atoms with Gasteiger partial charge in [-0.15, -0.1) is 0 Å². The number of primary amides is 1. The largest absolute Gasteiger partial charge is 0.368 e. The molecule has 0 aromatic heterocycles. The zero-order valence-corrected chi connectivity index (χ0v) is 12.6. The van der Waals surface area contributed by atoms with Crippen molar-refractivity contribution in [3.05, 3.63) is 0 Å². The van der Waals surface area contributed by atoms with Crippen molar-refractivity contribution in [2.45, 2.75) is 32.7 Å². The normalized spacial score (nSPS) is 15.4. The molecule has 0 rings (SSSR count). The molecule has 0 aliphatic carbocycles. The first kappa shape index (κ1) is 17.4. The van der Waals surface area contributed by atoms with Crippen molar-refractivity contribution in [2.75, 3.05) is 40.3 Å². The lowest BCUT2D eigenvalue weighted by Gasteiger charge is -2.29. The molecule has 1 unspecified atom stereocenters. The lowest BCUT2D eigenvalue weighted by atomic mass is 9.98. The Labute approximate surface area is 111 Å². The summed E-state index contributed by atoms with van der Waals surface area (Å²) >= 11 is 0. The first-order valence-corrected chi connectivity index (χ1v) is 6.61. The number of nitrogens with zero attached hydrogens (tertiary/aromatic N) is 2. The molecule has 0 saturated heterocycles. The topological polar surface area (TPSA) is 75.6 Å². The lowest BCUT2D eigenvalue weighted by Crippen LogP contribution is -2.51. The van der Waals surface area contributed by atoms with Gasteiger partial charge in [-0.3, -0.25) is 4.79 Å². The number of carbonyl (C=O) groups excluding carboxylic acids is 1. The van der Waals surface area contributed by atoms with Gasteiger partial charge in [0.15, 0.2) is 0 Å². The quantitative estimate of drug-likeness (QED) is 0.615. The van der Waals surface area contributed by atoms with Crippen molar-refractivity contribution in [1.29, 1.82) is 0 Å². The summed E-state index contributed by atoms with van der Waals surface area (Å²) in [6.45, 7) is 9.90. The molecular formula is C13H30N4O. The standard InChI is InChI=1S/C13H30N4O/c1-11(2)10-17(9-8-16(4)5)7-6-13(3,15)12(14)18/h11H,6-10,15H2,1-5H3,(H2,14,18). The number of rotatable bonds is 9. The van der Waals surface area contributed by atoms with Gasteiger partial charge in [0.1, 0.15) is 0 Å². The number of nitrogens with two attached hydrogens (primary N) is 2. The van der Waals surface area contributed by atoms with Gasteiger partial charge in [0, 0.05) is 26.2 Å². The van der Waals surface area contributed by atoms with Gasteiger partial charge in [0.05, 0.1) is 5.54 Å². The molecule has 0 aliphatic rings. The smallest absolute Gasteiger partial charge is 0.237 e. The minimum atomic E-state index is -0.909. The van der Waals surface area contributed by atoms with Crippen LogP contribution in [0.4, 0.5) is 0 Å². The summed E-state index contributed by atoms with van der Waals surface area (Å²) in [5.74, 6) is 0.171. The zero-order valence-electron chi connectivity index (χ0n) is 12.6. The highest BCUT2D eigenvalue weighted by molar-refractivity contribution is 5.83. The first-order chi connectivity index (χ1) is 8.15. The summed E-state index contributed by atoms with van der Waals surface area (Å²) in [7, 11) is 4.12. The minimum Gasteiger partial charge on any atom is -0.368 e. The van der Waals surface area contributed by atoms with E-state index in [9.17, 15) is 4.79 Å². The Hall–Kier alpha value is -0.650. The summed E-state index contributed by atoms with van der Waals surface area (Å²) in [5, 5.41) is 0. The number of carbonyl (C=O) groups is 1. The van der Waals surface area contributed by atoms with Crippen LogP contribution in [0.3, 0.4) is 0 Å². The molecule has 0 radical (unpaired) electrons. The van der Waals surface area contributed by atoms with Gasteiger partial charge in [-0.05, 0) is 33.4 Å². The van der Waals surface area contributed by atoms with E-state index in [1.807, 2.05) is 0 Å².